The summed E-state index contributed by atoms with van der Waals surface area (Å²) < 4.78 is 5.86. The number of aromatic nitrogens is 1. The second kappa shape index (κ2) is 7.49. The largest absolute Gasteiger partial charge is 0.457 e. The Bertz CT molecular complexity index is 876. The third-order valence-electron chi connectivity index (χ3n) is 3.78. The summed E-state index contributed by atoms with van der Waals surface area (Å²) in [6, 6.07) is 18.8. The van der Waals surface area contributed by atoms with E-state index in [0.29, 0.717) is 12.1 Å². The van der Waals surface area contributed by atoms with Gasteiger partial charge in [0.2, 0.25) is 0 Å². The predicted octanol–water partition coefficient (Wildman–Crippen LogP) is 3.69. The number of hydrogen-bond donors (Lipinski definition) is 2. The topological polar surface area (TPSA) is 77.2 Å². The number of nitrogens with one attached hydrogen (secondary N) is 1. The molecule has 1 aromatic heterocycles. The van der Waals surface area contributed by atoms with Gasteiger partial charge in [0.25, 0.3) is 5.91 Å². The molecule has 1 heterocycles. The Hall–Kier alpha value is -3.34. The number of benzene rings is 2. The molecule has 3 N–H and O–H groups in total. The first-order valence-corrected chi connectivity index (χ1v) is 7.94. The molecule has 0 aliphatic carbocycles. The molecule has 25 heavy (non-hydrogen) atoms. The van der Waals surface area contributed by atoms with E-state index < -0.39 is 0 Å². The highest BCUT2D eigenvalue weighted by Crippen LogP contribution is 2.24. The van der Waals surface area contributed by atoms with Crippen LogP contribution in [0.15, 0.2) is 66.9 Å². The molecular formula is C20H19N3O2. The molecule has 0 saturated heterocycles. The third-order valence-corrected chi connectivity index (χ3v) is 3.78. The zero-order valence-corrected chi connectivity index (χ0v) is 13.9. The molecular weight excluding hydrogens is 314 g/mol. The lowest BCUT2D eigenvalue weighted by atomic mass is 10.2. The molecule has 0 aliphatic heterocycles. The first kappa shape index (κ1) is 16.5. The van der Waals surface area contributed by atoms with Crippen molar-refractivity contribution in [1.82, 2.24) is 10.3 Å². The minimum absolute atomic E-state index is 0.224. The molecule has 0 bridgehead atoms. The Morgan fingerprint density at radius 1 is 1.08 bits per heavy atom. The second-order valence-electron chi connectivity index (χ2n) is 5.63. The van der Waals surface area contributed by atoms with Gasteiger partial charge in [-0.15, -0.1) is 0 Å². The molecule has 1 amide bonds. The van der Waals surface area contributed by atoms with Crippen LogP contribution in [0.2, 0.25) is 0 Å². The Balaban J connectivity index is 1.60. The standard InChI is InChI=1S/C20H19N3O2/c1-14-5-2-3-7-18(14)25-16-10-8-15(9-11-16)13-23-20(24)17-6-4-12-22-19(17)21/h2-12H,13H2,1H3,(H2,21,22)(H,23,24). The van der Waals surface area contributed by atoms with Crippen LogP contribution in [-0.4, -0.2) is 10.9 Å². The number of para-hydroxylation sites is 1. The van der Waals surface area contributed by atoms with Crippen LogP contribution in [0.3, 0.4) is 0 Å². The normalized spacial score (nSPS) is 10.3. The summed E-state index contributed by atoms with van der Waals surface area (Å²) in [4.78, 5) is 16.0. The number of carbonyl (C=O) groups excluding carboxylic acids is 1. The fourth-order valence-corrected chi connectivity index (χ4v) is 2.36. The van der Waals surface area contributed by atoms with E-state index in [1.807, 2.05) is 55.5 Å². The third kappa shape index (κ3) is 4.14. The second-order valence-corrected chi connectivity index (χ2v) is 5.63. The summed E-state index contributed by atoms with van der Waals surface area (Å²) >= 11 is 0. The van der Waals surface area contributed by atoms with Crippen molar-refractivity contribution in [1.29, 1.82) is 0 Å². The molecule has 0 spiro atoms. The number of pyridine rings is 1. The summed E-state index contributed by atoms with van der Waals surface area (Å²) in [5, 5.41) is 2.83. The molecule has 3 aromatic rings. The Kier molecular flexibility index (Phi) is 4.95. The van der Waals surface area contributed by atoms with E-state index in [9.17, 15) is 4.79 Å². The van der Waals surface area contributed by atoms with E-state index in [1.165, 1.54) is 0 Å². The Labute approximate surface area is 146 Å². The van der Waals surface area contributed by atoms with Gasteiger partial charge in [0.1, 0.15) is 17.3 Å². The number of anilines is 1. The summed E-state index contributed by atoms with van der Waals surface area (Å²) in [5.74, 6) is 1.56. The molecule has 0 unspecified atom stereocenters. The van der Waals surface area contributed by atoms with Crippen molar-refractivity contribution in [2.45, 2.75) is 13.5 Å². The molecule has 0 saturated carbocycles. The number of nitrogens with zero attached hydrogens (tertiary/aromatic N) is 1. The highest BCUT2D eigenvalue weighted by atomic mass is 16.5. The number of amides is 1. The zero-order chi connectivity index (χ0) is 17.6. The van der Waals surface area contributed by atoms with Crippen molar-refractivity contribution in [3.05, 3.63) is 83.6 Å². The van der Waals surface area contributed by atoms with Crippen LogP contribution in [0.1, 0.15) is 21.5 Å². The minimum Gasteiger partial charge on any atom is -0.457 e. The number of carbonyl (C=O) groups is 1. The summed E-state index contributed by atoms with van der Waals surface area (Å²) in [7, 11) is 0. The minimum atomic E-state index is -0.245. The van der Waals surface area contributed by atoms with Crippen LogP contribution in [0.5, 0.6) is 11.5 Å². The molecule has 0 fully saturated rings. The average molecular weight is 333 g/mol. The molecule has 0 atom stereocenters. The Morgan fingerprint density at radius 3 is 2.56 bits per heavy atom. The van der Waals surface area contributed by atoms with Gasteiger partial charge in [-0.25, -0.2) is 4.98 Å². The maximum absolute atomic E-state index is 12.1. The van der Waals surface area contributed by atoms with Gasteiger partial charge in [0.05, 0.1) is 5.56 Å². The summed E-state index contributed by atoms with van der Waals surface area (Å²) in [6.45, 7) is 2.40. The van der Waals surface area contributed by atoms with Gasteiger partial charge in [0, 0.05) is 12.7 Å². The van der Waals surface area contributed by atoms with Crippen molar-refractivity contribution < 1.29 is 9.53 Å². The first-order valence-electron chi connectivity index (χ1n) is 7.94. The lowest BCUT2D eigenvalue weighted by molar-refractivity contribution is 0.0951. The maximum Gasteiger partial charge on any atom is 0.255 e. The van der Waals surface area contributed by atoms with Crippen molar-refractivity contribution in [2.24, 2.45) is 0 Å². The highest BCUT2D eigenvalue weighted by molar-refractivity contribution is 5.98. The highest BCUT2D eigenvalue weighted by Gasteiger charge is 2.09. The monoisotopic (exact) mass is 333 g/mol. The van der Waals surface area contributed by atoms with Crippen molar-refractivity contribution in [3.63, 3.8) is 0 Å². The lowest BCUT2D eigenvalue weighted by Gasteiger charge is -2.10. The molecule has 0 aliphatic rings. The van der Waals surface area contributed by atoms with Crippen LogP contribution in [-0.2, 0) is 6.54 Å². The van der Waals surface area contributed by atoms with Gasteiger partial charge < -0.3 is 15.8 Å². The molecule has 5 nitrogen and oxygen atoms in total. The number of rotatable bonds is 5. The van der Waals surface area contributed by atoms with Crippen LogP contribution >= 0.6 is 0 Å². The van der Waals surface area contributed by atoms with Gasteiger partial charge in [-0.1, -0.05) is 30.3 Å². The van der Waals surface area contributed by atoms with Crippen molar-refractivity contribution in [2.75, 3.05) is 5.73 Å². The van der Waals surface area contributed by atoms with E-state index in [1.54, 1.807) is 18.3 Å². The van der Waals surface area contributed by atoms with Crippen molar-refractivity contribution in [3.8, 4) is 11.5 Å². The number of hydrogen-bond acceptors (Lipinski definition) is 4. The zero-order valence-electron chi connectivity index (χ0n) is 13.9. The van der Waals surface area contributed by atoms with Crippen LogP contribution in [0.4, 0.5) is 5.82 Å². The molecule has 0 radical (unpaired) electrons. The average Bonchev–Trinajstić information content (AvgIpc) is 2.63. The van der Waals surface area contributed by atoms with E-state index in [-0.39, 0.29) is 11.7 Å². The fraction of sp³-hybridized carbons (Fsp3) is 0.100. The fourth-order valence-electron chi connectivity index (χ4n) is 2.36. The van der Waals surface area contributed by atoms with Gasteiger partial charge in [-0.3, -0.25) is 4.79 Å². The maximum atomic E-state index is 12.1. The van der Waals surface area contributed by atoms with Crippen LogP contribution in [0.25, 0.3) is 0 Å². The SMILES string of the molecule is Cc1ccccc1Oc1ccc(CNC(=O)c2cccnc2N)cc1. The van der Waals surface area contributed by atoms with Gasteiger partial charge in [-0.2, -0.15) is 0 Å². The smallest absolute Gasteiger partial charge is 0.255 e. The van der Waals surface area contributed by atoms with E-state index in [2.05, 4.69) is 10.3 Å². The number of ether oxygens (including phenoxy) is 1. The molecule has 5 heteroatoms. The van der Waals surface area contributed by atoms with E-state index in [0.717, 1.165) is 22.6 Å². The summed E-state index contributed by atoms with van der Waals surface area (Å²) in [5.41, 5.74) is 8.13. The number of aryl methyl sites for hydroxylation is 1. The lowest BCUT2D eigenvalue weighted by Crippen LogP contribution is -2.24. The van der Waals surface area contributed by atoms with E-state index in [4.69, 9.17) is 10.5 Å². The van der Waals surface area contributed by atoms with Gasteiger partial charge >= 0.3 is 0 Å². The predicted molar refractivity (Wildman–Crippen MR) is 97.5 cm³/mol. The van der Waals surface area contributed by atoms with E-state index >= 15 is 0 Å². The number of nitrogen functional groups attached to an aromatic ring is 1. The number of nitrogens with two attached hydrogens (primary N) is 1. The summed E-state index contributed by atoms with van der Waals surface area (Å²) in [6.07, 6.45) is 1.55. The molecule has 3 rings (SSSR count). The molecule has 126 valence electrons. The van der Waals surface area contributed by atoms with Gasteiger partial charge in [-0.05, 0) is 48.4 Å². The van der Waals surface area contributed by atoms with Gasteiger partial charge in [0.15, 0.2) is 0 Å². The Morgan fingerprint density at radius 2 is 1.84 bits per heavy atom. The van der Waals surface area contributed by atoms with Crippen molar-refractivity contribution >= 4 is 11.7 Å². The van der Waals surface area contributed by atoms with Crippen LogP contribution in [0, 0.1) is 6.92 Å². The van der Waals surface area contributed by atoms with Crippen LogP contribution < -0.4 is 15.8 Å². The molecule has 2 aromatic carbocycles. The first-order chi connectivity index (χ1) is 12.1. The quantitative estimate of drug-likeness (QED) is 0.746.